The van der Waals surface area contributed by atoms with E-state index in [4.69, 9.17) is 16.7 Å². The van der Waals surface area contributed by atoms with E-state index in [9.17, 15) is 4.79 Å². The van der Waals surface area contributed by atoms with Crippen LogP contribution < -0.4 is 0 Å². The maximum atomic E-state index is 10.9. The van der Waals surface area contributed by atoms with Crippen molar-refractivity contribution in [3.05, 3.63) is 71.5 Å². The number of benzene rings is 2. The van der Waals surface area contributed by atoms with E-state index in [1.54, 1.807) is 16.9 Å². The number of halogens is 1. The average molecular weight is 299 g/mol. The summed E-state index contributed by atoms with van der Waals surface area (Å²) in [6, 6.07) is 14.4. The lowest BCUT2D eigenvalue weighted by Crippen LogP contribution is -2.00. The number of carbonyl (C=O) groups is 1. The average Bonchev–Trinajstić information content (AvgIpc) is 2.97. The smallest absolute Gasteiger partial charge is 0.335 e. The minimum atomic E-state index is -1.01. The maximum absolute atomic E-state index is 10.9. The zero-order valence-electron chi connectivity index (χ0n) is 10.9. The van der Waals surface area contributed by atoms with Gasteiger partial charge in [-0.2, -0.15) is 5.10 Å². The van der Waals surface area contributed by atoms with E-state index in [-0.39, 0.29) is 5.56 Å². The fraction of sp³-hybridized carbons (Fsp3) is 0. The van der Waals surface area contributed by atoms with Gasteiger partial charge in [-0.25, -0.2) is 9.48 Å². The van der Waals surface area contributed by atoms with Gasteiger partial charge in [-0.15, -0.1) is 0 Å². The Kier molecular flexibility index (Phi) is 3.46. The van der Waals surface area contributed by atoms with Crippen molar-refractivity contribution in [2.45, 2.75) is 0 Å². The van der Waals surface area contributed by atoms with Crippen molar-refractivity contribution in [2.24, 2.45) is 0 Å². The minimum Gasteiger partial charge on any atom is -0.478 e. The number of hydrogen-bond acceptors (Lipinski definition) is 2. The molecule has 0 saturated carbocycles. The predicted molar refractivity (Wildman–Crippen MR) is 81.0 cm³/mol. The molecule has 5 heteroatoms. The number of aromatic carboxylic acids is 1. The van der Waals surface area contributed by atoms with Crippen LogP contribution in [0.3, 0.4) is 0 Å². The number of aromatic nitrogens is 2. The minimum absolute atomic E-state index is 0.152. The third-order valence-corrected chi connectivity index (χ3v) is 3.43. The topological polar surface area (TPSA) is 55.1 Å². The first kappa shape index (κ1) is 13.4. The molecule has 0 unspecified atom stereocenters. The van der Waals surface area contributed by atoms with Crippen molar-refractivity contribution in [3.63, 3.8) is 0 Å². The van der Waals surface area contributed by atoms with Crippen molar-refractivity contribution in [3.8, 4) is 16.8 Å². The molecule has 0 aliphatic heterocycles. The molecule has 1 heterocycles. The predicted octanol–water partition coefficient (Wildman–Crippen LogP) is 3.89. The Morgan fingerprint density at radius 2 is 1.86 bits per heavy atom. The molecule has 0 atom stereocenters. The molecule has 0 amide bonds. The van der Waals surface area contributed by atoms with E-state index in [1.165, 1.54) is 12.1 Å². The summed E-state index contributed by atoms with van der Waals surface area (Å²) in [5.41, 5.74) is 2.82. The number of carboxylic acids is 1. The highest BCUT2D eigenvalue weighted by atomic mass is 35.5. The second-order valence-electron chi connectivity index (χ2n) is 4.51. The van der Waals surface area contributed by atoms with Gasteiger partial charge in [0, 0.05) is 11.8 Å². The zero-order chi connectivity index (χ0) is 14.8. The van der Waals surface area contributed by atoms with E-state index in [2.05, 4.69) is 5.10 Å². The lowest BCUT2D eigenvalue weighted by molar-refractivity contribution is 0.0697. The summed E-state index contributed by atoms with van der Waals surface area (Å²) in [6.45, 7) is 0. The molecule has 0 spiro atoms. The van der Waals surface area contributed by atoms with Crippen LogP contribution in [0.4, 0.5) is 0 Å². The van der Waals surface area contributed by atoms with E-state index < -0.39 is 5.97 Å². The van der Waals surface area contributed by atoms with Crippen LogP contribution in [0, 0.1) is 0 Å². The molecule has 0 bridgehead atoms. The summed E-state index contributed by atoms with van der Waals surface area (Å²) in [4.78, 5) is 10.9. The Bertz CT molecular complexity index is 797. The number of rotatable bonds is 3. The zero-order valence-corrected chi connectivity index (χ0v) is 11.7. The molecular formula is C16H11ClN2O2. The van der Waals surface area contributed by atoms with Crippen LogP contribution in [0.15, 0.2) is 60.9 Å². The first-order chi connectivity index (χ1) is 10.1. The van der Waals surface area contributed by atoms with Gasteiger partial charge in [0.2, 0.25) is 0 Å². The third-order valence-electron chi connectivity index (χ3n) is 3.13. The molecule has 2 aromatic carbocycles. The van der Waals surface area contributed by atoms with Crippen LogP contribution >= 0.6 is 11.6 Å². The Labute approximate surface area is 126 Å². The van der Waals surface area contributed by atoms with Crippen molar-refractivity contribution >= 4 is 17.6 Å². The molecule has 3 rings (SSSR count). The van der Waals surface area contributed by atoms with Gasteiger partial charge in [0.1, 0.15) is 0 Å². The van der Waals surface area contributed by atoms with Crippen LogP contribution in [-0.2, 0) is 0 Å². The molecule has 3 aromatic rings. The first-order valence-electron chi connectivity index (χ1n) is 6.28. The highest BCUT2D eigenvalue weighted by Gasteiger charge is 2.10. The van der Waals surface area contributed by atoms with Crippen molar-refractivity contribution in [2.75, 3.05) is 0 Å². The Morgan fingerprint density at radius 1 is 1.10 bits per heavy atom. The van der Waals surface area contributed by atoms with Gasteiger partial charge in [-0.3, -0.25) is 0 Å². The fourth-order valence-electron chi connectivity index (χ4n) is 2.06. The quantitative estimate of drug-likeness (QED) is 0.798. The van der Waals surface area contributed by atoms with Crippen LogP contribution in [-0.4, -0.2) is 20.9 Å². The highest BCUT2D eigenvalue weighted by Crippen LogP contribution is 2.24. The molecule has 21 heavy (non-hydrogen) atoms. The number of carboxylic acid groups (broad SMARTS) is 1. The van der Waals surface area contributed by atoms with Gasteiger partial charge in [0.05, 0.1) is 22.5 Å². The molecule has 4 nitrogen and oxygen atoms in total. The summed E-state index contributed by atoms with van der Waals surface area (Å²) in [5.74, 6) is -1.01. The molecule has 1 N–H and O–H groups in total. The van der Waals surface area contributed by atoms with Crippen LogP contribution in [0.1, 0.15) is 10.4 Å². The van der Waals surface area contributed by atoms with Gasteiger partial charge in [-0.1, -0.05) is 41.9 Å². The monoisotopic (exact) mass is 298 g/mol. The number of hydrogen-bond donors (Lipinski definition) is 1. The van der Waals surface area contributed by atoms with Crippen LogP contribution in [0.2, 0.25) is 5.02 Å². The molecule has 0 radical (unpaired) electrons. The standard InChI is InChI=1S/C16H11ClN2O2/c17-14-8-12(16(20)21)6-7-15(14)19-10-13(9-18-19)11-4-2-1-3-5-11/h1-10H,(H,20,21). The second kappa shape index (κ2) is 5.42. The molecule has 0 fully saturated rings. The van der Waals surface area contributed by atoms with E-state index in [1.807, 2.05) is 36.5 Å². The molecular weight excluding hydrogens is 288 g/mol. The maximum Gasteiger partial charge on any atom is 0.335 e. The van der Waals surface area contributed by atoms with Crippen LogP contribution in [0.25, 0.3) is 16.8 Å². The van der Waals surface area contributed by atoms with Crippen LogP contribution in [0.5, 0.6) is 0 Å². The fourth-order valence-corrected chi connectivity index (χ4v) is 2.33. The molecule has 0 saturated heterocycles. The van der Waals surface area contributed by atoms with Gasteiger partial charge in [0.15, 0.2) is 0 Å². The SMILES string of the molecule is O=C(O)c1ccc(-n2cc(-c3ccccc3)cn2)c(Cl)c1. The second-order valence-corrected chi connectivity index (χ2v) is 4.92. The number of nitrogens with zero attached hydrogens (tertiary/aromatic N) is 2. The molecule has 104 valence electrons. The lowest BCUT2D eigenvalue weighted by atomic mass is 10.1. The van der Waals surface area contributed by atoms with Crippen molar-refractivity contribution in [1.29, 1.82) is 0 Å². The summed E-state index contributed by atoms with van der Waals surface area (Å²) in [5, 5.41) is 13.6. The Morgan fingerprint density at radius 3 is 2.52 bits per heavy atom. The molecule has 0 aliphatic rings. The summed E-state index contributed by atoms with van der Waals surface area (Å²) in [7, 11) is 0. The van der Waals surface area contributed by atoms with Gasteiger partial charge in [-0.05, 0) is 23.8 Å². The Balaban J connectivity index is 1.99. The largest absolute Gasteiger partial charge is 0.478 e. The normalized spacial score (nSPS) is 10.5. The van der Waals surface area contributed by atoms with E-state index in [0.717, 1.165) is 11.1 Å². The first-order valence-corrected chi connectivity index (χ1v) is 6.66. The summed E-state index contributed by atoms with van der Waals surface area (Å²) >= 11 is 6.14. The van der Waals surface area contributed by atoms with Crippen molar-refractivity contribution in [1.82, 2.24) is 9.78 Å². The molecule has 1 aromatic heterocycles. The van der Waals surface area contributed by atoms with Gasteiger partial charge >= 0.3 is 5.97 Å². The highest BCUT2D eigenvalue weighted by molar-refractivity contribution is 6.32. The van der Waals surface area contributed by atoms with E-state index in [0.29, 0.717) is 10.7 Å². The Hall–Kier alpha value is -2.59. The lowest BCUT2D eigenvalue weighted by Gasteiger charge is -2.05. The van der Waals surface area contributed by atoms with Gasteiger partial charge < -0.3 is 5.11 Å². The third kappa shape index (κ3) is 2.66. The van der Waals surface area contributed by atoms with Gasteiger partial charge in [0.25, 0.3) is 0 Å². The molecule has 0 aliphatic carbocycles. The summed E-state index contributed by atoms with van der Waals surface area (Å²) < 4.78 is 1.64. The van der Waals surface area contributed by atoms with E-state index >= 15 is 0 Å². The summed E-state index contributed by atoms with van der Waals surface area (Å²) in [6.07, 6.45) is 3.60. The van der Waals surface area contributed by atoms with Crippen molar-refractivity contribution < 1.29 is 9.90 Å².